The van der Waals surface area contributed by atoms with E-state index in [1.165, 1.54) is 32.1 Å². The van der Waals surface area contributed by atoms with Gasteiger partial charge in [-0.3, -0.25) is 0 Å². The molecule has 1 aliphatic rings. The van der Waals surface area contributed by atoms with Crippen LogP contribution >= 0.6 is 8.18 Å². The third kappa shape index (κ3) is 4.70. The number of hydrogen-bond acceptors (Lipinski definition) is 1. The maximum Gasteiger partial charge on any atom is 0.613 e. The van der Waals surface area contributed by atoms with Gasteiger partial charge in [-0.1, -0.05) is 36.8 Å². The minimum absolute atomic E-state index is 0.797. The Bertz CT molecular complexity index is 154. The van der Waals surface area contributed by atoms with Crippen LogP contribution in [0.25, 0.3) is 0 Å². The zero-order valence-electron chi connectivity index (χ0n) is 8.11. The first-order valence-electron chi connectivity index (χ1n) is 5.22. The monoisotopic (exact) mass is 204 g/mol. The summed E-state index contributed by atoms with van der Waals surface area (Å²) in [6.07, 6.45) is 8.47. The smallest absolute Gasteiger partial charge is 0.144 e. The van der Waals surface area contributed by atoms with Crippen molar-refractivity contribution in [1.82, 2.24) is 4.67 Å². The highest BCUT2D eigenvalue weighted by molar-refractivity contribution is 7.35. The molecule has 0 saturated carbocycles. The van der Waals surface area contributed by atoms with Gasteiger partial charge in [0, 0.05) is 13.1 Å². The summed E-state index contributed by atoms with van der Waals surface area (Å²) in [7, 11) is -2.08. The molecular weight excluding hydrogens is 185 g/mol. The van der Waals surface area contributed by atoms with Crippen molar-refractivity contribution < 1.29 is 9.46 Å². The molecular formula is C9H19NO2P+. The Labute approximate surface area is 81.1 Å². The maximum absolute atomic E-state index is 10.9. The molecule has 1 N–H and O–H groups in total. The summed E-state index contributed by atoms with van der Waals surface area (Å²) in [6, 6.07) is 0. The summed E-state index contributed by atoms with van der Waals surface area (Å²) in [5.74, 6) is 0. The van der Waals surface area contributed by atoms with Gasteiger partial charge in [0.1, 0.15) is 0 Å². The molecule has 0 amide bonds. The van der Waals surface area contributed by atoms with Gasteiger partial charge in [0.25, 0.3) is 0 Å². The molecule has 0 bridgehead atoms. The lowest BCUT2D eigenvalue weighted by Crippen LogP contribution is -2.18. The van der Waals surface area contributed by atoms with Gasteiger partial charge in [-0.2, -0.15) is 0 Å². The molecule has 0 aromatic rings. The fraction of sp³-hybridized carbons (Fsp3) is 1.00. The molecule has 1 fully saturated rings. The summed E-state index contributed by atoms with van der Waals surface area (Å²) in [5, 5.41) is 0. The van der Waals surface area contributed by atoms with Crippen molar-refractivity contribution in [2.45, 2.75) is 44.9 Å². The fourth-order valence-electron chi connectivity index (χ4n) is 1.76. The quantitative estimate of drug-likeness (QED) is 0.667. The second-order valence-electron chi connectivity index (χ2n) is 3.68. The van der Waals surface area contributed by atoms with Crippen molar-refractivity contribution in [2.24, 2.45) is 0 Å². The minimum atomic E-state index is -2.08. The van der Waals surface area contributed by atoms with Crippen molar-refractivity contribution in [3.05, 3.63) is 0 Å². The first-order chi connectivity index (χ1) is 6.30. The van der Waals surface area contributed by atoms with E-state index in [2.05, 4.69) is 0 Å². The van der Waals surface area contributed by atoms with Crippen LogP contribution in [-0.2, 0) is 4.57 Å². The zero-order valence-corrected chi connectivity index (χ0v) is 9.01. The van der Waals surface area contributed by atoms with Gasteiger partial charge in [-0.05, 0) is 17.4 Å². The lowest BCUT2D eigenvalue weighted by Gasteiger charge is -2.10. The Morgan fingerprint density at radius 2 is 1.23 bits per heavy atom. The zero-order chi connectivity index (χ0) is 9.52. The molecule has 13 heavy (non-hydrogen) atoms. The highest BCUT2D eigenvalue weighted by Gasteiger charge is 2.24. The van der Waals surface area contributed by atoms with E-state index in [0.29, 0.717) is 0 Å². The fourth-order valence-corrected chi connectivity index (χ4v) is 2.38. The molecule has 0 aromatic carbocycles. The van der Waals surface area contributed by atoms with Crippen LogP contribution in [0, 0.1) is 0 Å². The molecule has 1 atom stereocenters. The lowest BCUT2D eigenvalue weighted by molar-refractivity contribution is 0.343. The number of nitrogens with zero attached hydrogens (tertiary/aromatic N) is 1. The summed E-state index contributed by atoms with van der Waals surface area (Å²) in [4.78, 5) is 8.99. The average molecular weight is 204 g/mol. The third-order valence-electron chi connectivity index (χ3n) is 2.57. The molecule has 1 aliphatic heterocycles. The van der Waals surface area contributed by atoms with Crippen molar-refractivity contribution in [3.8, 4) is 0 Å². The van der Waals surface area contributed by atoms with E-state index in [0.717, 1.165) is 25.9 Å². The second-order valence-corrected chi connectivity index (χ2v) is 4.75. The SMILES string of the molecule is O=[P+](O)N1CCCCCCCCC1. The highest BCUT2D eigenvalue weighted by Crippen LogP contribution is 2.24. The number of hydrogen-bond donors (Lipinski definition) is 1. The molecule has 1 unspecified atom stereocenters. The summed E-state index contributed by atoms with van der Waals surface area (Å²) >= 11 is 0. The van der Waals surface area contributed by atoms with Gasteiger partial charge < -0.3 is 0 Å². The van der Waals surface area contributed by atoms with E-state index in [9.17, 15) is 4.57 Å². The van der Waals surface area contributed by atoms with Crippen LogP contribution in [0.2, 0.25) is 0 Å². The van der Waals surface area contributed by atoms with Crippen molar-refractivity contribution in [3.63, 3.8) is 0 Å². The molecule has 0 radical (unpaired) electrons. The molecule has 4 heteroatoms. The van der Waals surface area contributed by atoms with Crippen molar-refractivity contribution in [1.29, 1.82) is 0 Å². The van der Waals surface area contributed by atoms with Gasteiger partial charge >= 0.3 is 8.18 Å². The Morgan fingerprint density at radius 3 is 1.62 bits per heavy atom. The molecule has 76 valence electrons. The molecule has 3 nitrogen and oxygen atoms in total. The molecule has 1 saturated heterocycles. The maximum atomic E-state index is 10.9. The van der Waals surface area contributed by atoms with Gasteiger partial charge in [-0.15, -0.1) is 4.89 Å². The normalized spacial score (nSPS) is 23.9. The molecule has 0 spiro atoms. The summed E-state index contributed by atoms with van der Waals surface area (Å²) in [6.45, 7) is 1.59. The van der Waals surface area contributed by atoms with Crippen LogP contribution in [0.3, 0.4) is 0 Å². The highest BCUT2D eigenvalue weighted by atomic mass is 31.1. The van der Waals surface area contributed by atoms with Gasteiger partial charge in [0.2, 0.25) is 0 Å². The van der Waals surface area contributed by atoms with E-state index in [4.69, 9.17) is 4.89 Å². The van der Waals surface area contributed by atoms with Gasteiger partial charge in [0.05, 0.1) is 0 Å². The predicted octanol–water partition coefficient (Wildman–Crippen LogP) is 2.68. The van der Waals surface area contributed by atoms with Gasteiger partial charge in [-0.25, -0.2) is 0 Å². The van der Waals surface area contributed by atoms with E-state index in [-0.39, 0.29) is 0 Å². The Balaban J connectivity index is 2.30. The molecule has 0 aromatic heterocycles. The lowest BCUT2D eigenvalue weighted by atomic mass is 10.1. The van der Waals surface area contributed by atoms with Crippen molar-refractivity contribution >= 4 is 8.18 Å². The predicted molar refractivity (Wildman–Crippen MR) is 53.7 cm³/mol. The first kappa shape index (κ1) is 11.1. The Hall–Kier alpha value is 0.0200. The number of rotatable bonds is 1. The van der Waals surface area contributed by atoms with Crippen LogP contribution in [-0.4, -0.2) is 22.7 Å². The van der Waals surface area contributed by atoms with E-state index in [1.54, 1.807) is 4.67 Å². The standard InChI is InChI=1S/C9H18NO2P/c11-13(12)10-8-6-4-2-1-3-5-7-9-10/h1-9H2/p+1. The summed E-state index contributed by atoms with van der Waals surface area (Å²) < 4.78 is 12.6. The second kappa shape index (κ2) is 6.47. The van der Waals surface area contributed by atoms with E-state index in [1.807, 2.05) is 0 Å². The average Bonchev–Trinajstić information content (AvgIpc) is 2.14. The Morgan fingerprint density at radius 1 is 0.846 bits per heavy atom. The van der Waals surface area contributed by atoms with Crippen LogP contribution in [0.4, 0.5) is 0 Å². The van der Waals surface area contributed by atoms with E-state index >= 15 is 0 Å². The largest absolute Gasteiger partial charge is 0.613 e. The van der Waals surface area contributed by atoms with Gasteiger partial charge in [0.15, 0.2) is 0 Å². The molecule has 0 aliphatic carbocycles. The molecule has 1 heterocycles. The summed E-state index contributed by atoms with van der Waals surface area (Å²) in [5.41, 5.74) is 0. The molecule has 1 rings (SSSR count). The van der Waals surface area contributed by atoms with Crippen molar-refractivity contribution in [2.75, 3.05) is 13.1 Å². The van der Waals surface area contributed by atoms with Crippen LogP contribution in [0.15, 0.2) is 0 Å². The first-order valence-corrected chi connectivity index (χ1v) is 6.38. The Kier molecular flexibility index (Phi) is 5.52. The van der Waals surface area contributed by atoms with E-state index < -0.39 is 8.18 Å². The van der Waals surface area contributed by atoms with Crippen LogP contribution < -0.4 is 0 Å². The van der Waals surface area contributed by atoms with Crippen LogP contribution in [0.1, 0.15) is 44.9 Å². The minimum Gasteiger partial charge on any atom is -0.144 e. The van der Waals surface area contributed by atoms with Crippen LogP contribution in [0.5, 0.6) is 0 Å². The topological polar surface area (TPSA) is 40.5 Å². The third-order valence-corrected chi connectivity index (χ3v) is 3.46.